The second-order valence-electron chi connectivity index (χ2n) is 4.45. The molecule has 0 amide bonds. The maximum atomic E-state index is 10.9. The van der Waals surface area contributed by atoms with E-state index in [9.17, 15) is 20.2 Å². The Morgan fingerprint density at radius 3 is 2.24 bits per heavy atom. The third-order valence-corrected chi connectivity index (χ3v) is 3.16. The molecular formula is C14H13N3O4. The summed E-state index contributed by atoms with van der Waals surface area (Å²) in [5, 5.41) is 24.8. The Bertz CT molecular complexity index is 700. The van der Waals surface area contributed by atoms with Crippen LogP contribution in [0.15, 0.2) is 42.5 Å². The lowest BCUT2D eigenvalue weighted by molar-refractivity contribution is -0.385. The minimum Gasteiger partial charge on any atom is -0.380 e. The number of nitro groups is 2. The molecule has 0 aliphatic heterocycles. The number of nitrogens with zero attached hydrogens (tertiary/aromatic N) is 2. The van der Waals surface area contributed by atoms with E-state index in [1.54, 1.807) is 37.3 Å². The third-order valence-electron chi connectivity index (χ3n) is 3.16. The molecule has 0 spiro atoms. The Hall–Kier alpha value is -2.96. The van der Waals surface area contributed by atoms with Crippen LogP contribution in [0.25, 0.3) is 0 Å². The minimum absolute atomic E-state index is 0.0163. The number of hydrogen-bond donors (Lipinski definition) is 1. The number of hydrogen-bond acceptors (Lipinski definition) is 5. The number of para-hydroxylation sites is 1. The fourth-order valence-corrected chi connectivity index (χ4v) is 2.04. The highest BCUT2D eigenvalue weighted by atomic mass is 16.6. The molecule has 0 atom stereocenters. The van der Waals surface area contributed by atoms with E-state index in [1.807, 2.05) is 0 Å². The van der Waals surface area contributed by atoms with Gasteiger partial charge in [0.1, 0.15) is 0 Å². The summed E-state index contributed by atoms with van der Waals surface area (Å²) in [5.41, 5.74) is 1.65. The van der Waals surface area contributed by atoms with Gasteiger partial charge >= 0.3 is 0 Å². The Balaban J connectivity index is 2.23. The molecule has 0 heterocycles. The van der Waals surface area contributed by atoms with E-state index >= 15 is 0 Å². The third kappa shape index (κ3) is 3.14. The molecule has 0 aliphatic carbocycles. The molecule has 7 heteroatoms. The quantitative estimate of drug-likeness (QED) is 0.671. The molecule has 7 nitrogen and oxygen atoms in total. The van der Waals surface area contributed by atoms with Crippen molar-refractivity contribution in [2.45, 2.75) is 13.5 Å². The van der Waals surface area contributed by atoms with Crippen LogP contribution >= 0.6 is 0 Å². The van der Waals surface area contributed by atoms with Crippen molar-refractivity contribution in [3.8, 4) is 0 Å². The van der Waals surface area contributed by atoms with Crippen LogP contribution in [0.1, 0.15) is 11.1 Å². The van der Waals surface area contributed by atoms with Gasteiger partial charge in [-0.05, 0) is 13.0 Å². The largest absolute Gasteiger partial charge is 0.380 e. The average molecular weight is 287 g/mol. The molecule has 0 saturated heterocycles. The van der Waals surface area contributed by atoms with Crippen molar-refractivity contribution < 1.29 is 9.85 Å². The summed E-state index contributed by atoms with van der Waals surface area (Å²) in [5.74, 6) is 0. The Kier molecular flexibility index (Phi) is 4.13. The van der Waals surface area contributed by atoms with Gasteiger partial charge in [-0.2, -0.15) is 0 Å². The fourth-order valence-electron chi connectivity index (χ4n) is 2.04. The maximum Gasteiger partial charge on any atom is 0.274 e. The van der Waals surface area contributed by atoms with Gasteiger partial charge in [0, 0.05) is 35.5 Å². The van der Waals surface area contributed by atoms with Crippen LogP contribution in [0.2, 0.25) is 0 Å². The zero-order valence-electron chi connectivity index (χ0n) is 11.3. The van der Waals surface area contributed by atoms with Crippen LogP contribution in [0.5, 0.6) is 0 Å². The molecule has 0 radical (unpaired) electrons. The first kappa shape index (κ1) is 14.4. The number of nitro benzene ring substituents is 2. The lowest BCUT2D eigenvalue weighted by Crippen LogP contribution is -2.05. The summed E-state index contributed by atoms with van der Waals surface area (Å²) >= 11 is 0. The van der Waals surface area contributed by atoms with Crippen LogP contribution in [0.4, 0.5) is 17.1 Å². The lowest BCUT2D eigenvalue weighted by atomic mass is 10.1. The van der Waals surface area contributed by atoms with Crippen LogP contribution in [-0.4, -0.2) is 9.85 Å². The number of nitrogens with one attached hydrogen (secondary N) is 1. The normalized spacial score (nSPS) is 10.1. The van der Waals surface area contributed by atoms with Crippen molar-refractivity contribution in [2.75, 3.05) is 5.32 Å². The van der Waals surface area contributed by atoms with E-state index in [0.717, 1.165) is 0 Å². The maximum absolute atomic E-state index is 10.9. The van der Waals surface area contributed by atoms with Crippen molar-refractivity contribution in [1.82, 2.24) is 0 Å². The Labute approximate surface area is 120 Å². The summed E-state index contributed by atoms with van der Waals surface area (Å²) in [4.78, 5) is 20.9. The van der Waals surface area contributed by atoms with Gasteiger partial charge in [-0.3, -0.25) is 20.2 Å². The zero-order chi connectivity index (χ0) is 15.4. The van der Waals surface area contributed by atoms with Gasteiger partial charge in [-0.25, -0.2) is 0 Å². The van der Waals surface area contributed by atoms with Gasteiger partial charge in [0.2, 0.25) is 0 Å². The highest BCUT2D eigenvalue weighted by Crippen LogP contribution is 2.26. The smallest absolute Gasteiger partial charge is 0.274 e. The highest BCUT2D eigenvalue weighted by molar-refractivity contribution is 5.60. The molecular weight excluding hydrogens is 274 g/mol. The van der Waals surface area contributed by atoms with Crippen LogP contribution in [0, 0.1) is 27.2 Å². The average Bonchev–Trinajstić information content (AvgIpc) is 2.46. The molecule has 0 saturated carbocycles. The molecule has 0 aliphatic rings. The first-order valence-electron chi connectivity index (χ1n) is 6.21. The number of rotatable bonds is 5. The second-order valence-corrected chi connectivity index (χ2v) is 4.45. The van der Waals surface area contributed by atoms with Crippen LogP contribution in [0.3, 0.4) is 0 Å². The van der Waals surface area contributed by atoms with Crippen molar-refractivity contribution in [3.63, 3.8) is 0 Å². The summed E-state index contributed by atoms with van der Waals surface area (Å²) in [6.45, 7) is 1.86. The van der Waals surface area contributed by atoms with Crippen LogP contribution in [-0.2, 0) is 6.54 Å². The van der Waals surface area contributed by atoms with Crippen molar-refractivity contribution >= 4 is 17.1 Å². The molecule has 1 N–H and O–H groups in total. The van der Waals surface area contributed by atoms with E-state index in [1.165, 1.54) is 12.1 Å². The van der Waals surface area contributed by atoms with Gasteiger partial charge in [0.25, 0.3) is 11.4 Å². The van der Waals surface area contributed by atoms with Crippen LogP contribution < -0.4 is 5.32 Å². The first-order chi connectivity index (χ1) is 10.0. The Morgan fingerprint density at radius 2 is 1.57 bits per heavy atom. The van der Waals surface area contributed by atoms with Crippen molar-refractivity contribution in [3.05, 3.63) is 73.8 Å². The lowest BCUT2D eigenvalue weighted by Gasteiger charge is -2.10. The summed E-state index contributed by atoms with van der Waals surface area (Å²) in [6, 6.07) is 11.1. The second kappa shape index (κ2) is 6.00. The summed E-state index contributed by atoms with van der Waals surface area (Å²) in [7, 11) is 0. The molecule has 2 rings (SSSR count). The Morgan fingerprint density at radius 1 is 0.952 bits per heavy atom. The fraction of sp³-hybridized carbons (Fsp3) is 0.143. The predicted molar refractivity (Wildman–Crippen MR) is 78.3 cm³/mol. The first-order valence-corrected chi connectivity index (χ1v) is 6.21. The summed E-state index contributed by atoms with van der Waals surface area (Å²) < 4.78 is 0. The van der Waals surface area contributed by atoms with E-state index in [2.05, 4.69) is 5.32 Å². The van der Waals surface area contributed by atoms with Gasteiger partial charge in [0.05, 0.1) is 9.85 Å². The molecule has 0 bridgehead atoms. The molecule has 21 heavy (non-hydrogen) atoms. The zero-order valence-corrected chi connectivity index (χ0v) is 11.3. The molecule has 0 aromatic heterocycles. The van der Waals surface area contributed by atoms with E-state index in [-0.39, 0.29) is 17.9 Å². The number of benzene rings is 2. The SMILES string of the molecule is Cc1c(NCc2ccccc2[N+](=O)[O-])cccc1[N+](=O)[O-]. The van der Waals surface area contributed by atoms with Crippen molar-refractivity contribution in [1.29, 1.82) is 0 Å². The van der Waals surface area contributed by atoms with Gasteiger partial charge in [-0.1, -0.05) is 24.3 Å². The minimum atomic E-state index is -0.453. The standard InChI is InChI=1S/C14H13N3O4/c1-10-12(6-4-8-13(10)16(18)19)15-9-11-5-2-3-7-14(11)17(20)21/h2-8,15H,9H2,1H3. The number of anilines is 1. The molecule has 0 unspecified atom stereocenters. The van der Waals surface area contributed by atoms with Gasteiger partial charge in [0.15, 0.2) is 0 Å². The van der Waals surface area contributed by atoms with E-state index in [4.69, 9.17) is 0 Å². The molecule has 2 aromatic carbocycles. The highest BCUT2D eigenvalue weighted by Gasteiger charge is 2.15. The topological polar surface area (TPSA) is 98.3 Å². The predicted octanol–water partition coefficient (Wildman–Crippen LogP) is 3.42. The van der Waals surface area contributed by atoms with E-state index in [0.29, 0.717) is 16.8 Å². The molecule has 0 fully saturated rings. The monoisotopic (exact) mass is 287 g/mol. The molecule has 108 valence electrons. The van der Waals surface area contributed by atoms with Gasteiger partial charge in [-0.15, -0.1) is 0 Å². The summed E-state index contributed by atoms with van der Waals surface area (Å²) in [6.07, 6.45) is 0. The van der Waals surface area contributed by atoms with E-state index < -0.39 is 9.85 Å². The van der Waals surface area contributed by atoms with Crippen molar-refractivity contribution in [2.24, 2.45) is 0 Å². The van der Waals surface area contributed by atoms with Gasteiger partial charge < -0.3 is 5.32 Å². The molecule has 2 aromatic rings.